The number of aromatic nitrogens is 2. The molecular weight excluding hydrogens is 477 g/mol. The number of aliphatic hydroxyl groups is 1. The molecule has 2 aromatic carbocycles. The number of pyridine rings is 1. The lowest BCUT2D eigenvalue weighted by molar-refractivity contribution is -0.129. The second-order valence-corrected chi connectivity index (χ2v) is 8.16. The zero-order valence-electron chi connectivity index (χ0n) is 17.8. The number of carbonyl (C=O) groups is 1. The van der Waals surface area contributed by atoms with E-state index in [1.54, 1.807) is 0 Å². The number of likely N-dealkylation sites (N-methyl/N-ethyl adjacent to an activating group) is 1. The number of aromatic amines is 2. The fourth-order valence-corrected chi connectivity index (χ4v) is 4.35. The van der Waals surface area contributed by atoms with Gasteiger partial charge in [-0.15, -0.1) is 0 Å². The smallest absolute Gasteiger partial charge is 0.270 e. The van der Waals surface area contributed by atoms with E-state index in [-0.39, 0.29) is 45.2 Å². The maximum atomic E-state index is 14.1. The first-order valence-corrected chi connectivity index (χ1v) is 10.3. The Labute approximate surface area is 192 Å². The van der Waals surface area contributed by atoms with E-state index in [9.17, 15) is 36.6 Å². The summed E-state index contributed by atoms with van der Waals surface area (Å²) in [5.41, 5.74) is -1.53. The van der Waals surface area contributed by atoms with Crippen molar-refractivity contribution >= 4 is 27.6 Å². The summed E-state index contributed by atoms with van der Waals surface area (Å²) in [6, 6.07) is 3.64. The van der Waals surface area contributed by atoms with Crippen molar-refractivity contribution in [1.29, 1.82) is 0 Å². The fourth-order valence-electron chi connectivity index (χ4n) is 4.35. The first-order valence-electron chi connectivity index (χ1n) is 10.3. The largest absolute Gasteiger partial charge is 0.363 e. The molecule has 1 aliphatic heterocycles. The Morgan fingerprint density at radius 2 is 1.74 bits per heavy atom. The molecule has 7 nitrogen and oxygen atoms in total. The molecule has 182 valence electrons. The van der Waals surface area contributed by atoms with Gasteiger partial charge in [-0.2, -0.15) is 0 Å². The van der Waals surface area contributed by atoms with E-state index >= 15 is 0 Å². The third-order valence-electron chi connectivity index (χ3n) is 6.12. The Kier molecular flexibility index (Phi) is 5.37. The predicted molar refractivity (Wildman–Crippen MR) is 113 cm³/mol. The maximum absolute atomic E-state index is 14.1. The number of aliphatic hydroxyl groups excluding tert-OH is 1. The lowest BCUT2D eigenvalue weighted by Gasteiger charge is -2.35. The number of ether oxygens (including phenoxy) is 1. The minimum absolute atomic E-state index is 0.0186. The maximum Gasteiger partial charge on any atom is 0.270 e. The molecule has 35 heavy (non-hydrogen) atoms. The van der Waals surface area contributed by atoms with Crippen molar-refractivity contribution in [3.63, 3.8) is 0 Å². The summed E-state index contributed by atoms with van der Waals surface area (Å²) in [7, 11) is 1.37. The first-order chi connectivity index (χ1) is 16.6. The number of amides is 1. The van der Waals surface area contributed by atoms with Crippen molar-refractivity contribution in [1.82, 2.24) is 14.9 Å². The van der Waals surface area contributed by atoms with Crippen LogP contribution in [0.4, 0.5) is 22.0 Å². The Balaban J connectivity index is 1.60. The number of carbonyl (C=O) groups excluding carboxylic acids is 1. The summed E-state index contributed by atoms with van der Waals surface area (Å²) in [5.74, 6) is -4.26. The summed E-state index contributed by atoms with van der Waals surface area (Å²) in [6.07, 6.45) is -4.63. The van der Waals surface area contributed by atoms with Crippen LogP contribution in [0.5, 0.6) is 0 Å². The molecule has 5 rings (SSSR count). The molecule has 0 aliphatic carbocycles. The quantitative estimate of drug-likeness (QED) is 0.373. The van der Waals surface area contributed by atoms with Crippen molar-refractivity contribution in [3.8, 4) is 0 Å². The number of hydrogen-bond acceptors (Lipinski definition) is 4. The van der Waals surface area contributed by atoms with E-state index in [1.165, 1.54) is 18.0 Å². The molecule has 0 fully saturated rings. The number of nitrogens with zero attached hydrogens (tertiary/aromatic N) is 1. The van der Waals surface area contributed by atoms with Gasteiger partial charge in [-0.25, -0.2) is 22.0 Å². The monoisotopic (exact) mass is 493 g/mol. The van der Waals surface area contributed by atoms with Crippen molar-refractivity contribution in [2.75, 3.05) is 13.7 Å². The molecule has 12 heteroatoms. The van der Waals surface area contributed by atoms with Crippen LogP contribution in [0, 0.1) is 17.5 Å². The Hall–Kier alpha value is -3.77. The number of H-pyrrole nitrogens is 2. The van der Waals surface area contributed by atoms with Gasteiger partial charge >= 0.3 is 0 Å². The van der Waals surface area contributed by atoms with Crippen molar-refractivity contribution in [2.45, 2.75) is 18.8 Å². The molecule has 4 aromatic rings. The van der Waals surface area contributed by atoms with Crippen LogP contribution in [0.15, 0.2) is 35.1 Å². The lowest BCUT2D eigenvalue weighted by atomic mass is 9.94. The topological polar surface area (TPSA) is 98.4 Å². The average molecular weight is 493 g/mol. The summed E-state index contributed by atoms with van der Waals surface area (Å²) in [4.78, 5) is 31.9. The van der Waals surface area contributed by atoms with Crippen LogP contribution in [0.1, 0.15) is 46.1 Å². The number of benzene rings is 2. The standard InChI is InChI=1S/C23H16F5N3O4/c1-31(22(33)16-3-8-2-12(24)11(20(27)28)6-15(8)29-16)17-7-35-23(34)19-18(17)9-4-13(25)14(26)5-10(9)21(32)30-19/h2-6,17,20,23,29,34H,7H2,1H3,(H,30,32)/t17-,23?/m0/s1. The number of hydrogen-bond donors (Lipinski definition) is 3. The minimum atomic E-state index is -3.05. The van der Waals surface area contributed by atoms with Gasteiger partial charge in [0.05, 0.1) is 29.3 Å². The average Bonchev–Trinajstić information content (AvgIpc) is 3.22. The van der Waals surface area contributed by atoms with E-state index < -0.39 is 53.2 Å². The molecule has 2 atom stereocenters. The van der Waals surface area contributed by atoms with Gasteiger partial charge in [-0.3, -0.25) is 9.59 Å². The summed E-state index contributed by atoms with van der Waals surface area (Å²) < 4.78 is 73.2. The minimum Gasteiger partial charge on any atom is -0.363 e. The van der Waals surface area contributed by atoms with Crippen molar-refractivity contribution < 1.29 is 36.6 Å². The van der Waals surface area contributed by atoms with E-state index in [1.807, 2.05) is 0 Å². The van der Waals surface area contributed by atoms with E-state index in [4.69, 9.17) is 4.74 Å². The second-order valence-electron chi connectivity index (χ2n) is 8.16. The second kappa shape index (κ2) is 8.17. The molecule has 3 N–H and O–H groups in total. The molecule has 2 aromatic heterocycles. The molecule has 1 amide bonds. The van der Waals surface area contributed by atoms with Gasteiger partial charge in [0.25, 0.3) is 17.9 Å². The SMILES string of the molecule is CN(C(=O)c1cc2cc(F)c(C(F)F)cc2[nH]1)[C@H]1COC(O)c2[nH]c(=O)c3cc(F)c(F)cc3c21. The van der Waals surface area contributed by atoms with Crippen LogP contribution in [0.3, 0.4) is 0 Å². The molecule has 1 unspecified atom stereocenters. The molecule has 0 radical (unpaired) electrons. The van der Waals surface area contributed by atoms with Crippen LogP contribution in [-0.4, -0.2) is 39.5 Å². The van der Waals surface area contributed by atoms with Crippen LogP contribution in [0.2, 0.25) is 0 Å². The van der Waals surface area contributed by atoms with E-state index in [0.29, 0.717) is 0 Å². The predicted octanol–water partition coefficient (Wildman–Crippen LogP) is 4.20. The molecular formula is C23H16F5N3O4. The summed E-state index contributed by atoms with van der Waals surface area (Å²) in [6.45, 7) is -0.263. The van der Waals surface area contributed by atoms with Gasteiger partial charge in [-0.1, -0.05) is 0 Å². The zero-order valence-corrected chi connectivity index (χ0v) is 17.8. The third-order valence-corrected chi connectivity index (χ3v) is 6.12. The molecule has 1 aliphatic rings. The highest BCUT2D eigenvalue weighted by atomic mass is 19.3. The van der Waals surface area contributed by atoms with Gasteiger partial charge < -0.3 is 24.7 Å². The van der Waals surface area contributed by atoms with Crippen molar-refractivity contribution in [2.24, 2.45) is 0 Å². The number of fused-ring (bicyclic) bond motifs is 4. The lowest BCUT2D eigenvalue weighted by Crippen LogP contribution is -2.39. The highest BCUT2D eigenvalue weighted by Crippen LogP contribution is 2.38. The Morgan fingerprint density at radius 3 is 2.43 bits per heavy atom. The highest BCUT2D eigenvalue weighted by molar-refractivity contribution is 5.98. The van der Waals surface area contributed by atoms with Gasteiger partial charge in [-0.05, 0) is 35.7 Å². The number of nitrogens with one attached hydrogen (secondary N) is 2. The van der Waals surface area contributed by atoms with Crippen LogP contribution in [-0.2, 0) is 4.74 Å². The molecule has 0 bridgehead atoms. The first kappa shape index (κ1) is 23.0. The van der Waals surface area contributed by atoms with Gasteiger partial charge in [0, 0.05) is 23.5 Å². The summed E-state index contributed by atoms with van der Waals surface area (Å²) >= 11 is 0. The zero-order chi connectivity index (χ0) is 25.2. The number of alkyl halides is 2. The highest BCUT2D eigenvalue weighted by Gasteiger charge is 2.35. The third kappa shape index (κ3) is 3.65. The normalized spacial score (nSPS) is 17.8. The van der Waals surface area contributed by atoms with Crippen molar-refractivity contribution in [3.05, 3.63) is 80.7 Å². The fraction of sp³-hybridized carbons (Fsp3) is 0.217. The molecule has 3 heterocycles. The van der Waals surface area contributed by atoms with Crippen LogP contribution in [0.25, 0.3) is 21.7 Å². The number of halogens is 5. The Morgan fingerprint density at radius 1 is 1.06 bits per heavy atom. The number of rotatable bonds is 3. The van der Waals surface area contributed by atoms with Crippen LogP contribution < -0.4 is 5.56 Å². The van der Waals surface area contributed by atoms with E-state index in [2.05, 4.69) is 9.97 Å². The van der Waals surface area contributed by atoms with Gasteiger partial charge in [0.2, 0.25) is 0 Å². The van der Waals surface area contributed by atoms with Gasteiger partial charge in [0.15, 0.2) is 17.9 Å². The van der Waals surface area contributed by atoms with E-state index in [0.717, 1.165) is 24.3 Å². The van der Waals surface area contributed by atoms with Crippen LogP contribution >= 0.6 is 0 Å². The molecule has 0 saturated heterocycles. The molecule has 0 saturated carbocycles. The van der Waals surface area contributed by atoms with Gasteiger partial charge in [0.1, 0.15) is 11.5 Å². The summed E-state index contributed by atoms with van der Waals surface area (Å²) in [5, 5.41) is 10.2. The Bertz CT molecular complexity index is 1560. The molecule has 0 spiro atoms.